The van der Waals surface area contributed by atoms with Gasteiger partial charge < -0.3 is 5.32 Å². The van der Waals surface area contributed by atoms with Crippen LogP contribution >= 0.6 is 15.9 Å². The van der Waals surface area contributed by atoms with E-state index in [0.717, 1.165) is 16.8 Å². The molecule has 2 amide bonds. The van der Waals surface area contributed by atoms with Crippen molar-refractivity contribution in [2.24, 2.45) is 10.9 Å². The van der Waals surface area contributed by atoms with Crippen LogP contribution in [0.1, 0.15) is 24.2 Å². The van der Waals surface area contributed by atoms with Crippen molar-refractivity contribution in [2.45, 2.75) is 13.8 Å². The van der Waals surface area contributed by atoms with Crippen LogP contribution in [0.3, 0.4) is 0 Å². The van der Waals surface area contributed by atoms with Crippen LogP contribution in [0, 0.1) is 5.92 Å². The molecule has 1 N–H and O–H groups in total. The van der Waals surface area contributed by atoms with Crippen LogP contribution < -0.4 is 5.32 Å². The number of fused-ring (bicyclic) bond motifs is 1. The Labute approximate surface area is 142 Å². The number of carbonyl (C=O) groups is 2. The first-order valence-corrected chi connectivity index (χ1v) is 8.02. The molecule has 116 valence electrons. The van der Waals surface area contributed by atoms with E-state index in [-0.39, 0.29) is 17.7 Å². The summed E-state index contributed by atoms with van der Waals surface area (Å²) in [6.07, 6.45) is 5.53. The van der Waals surface area contributed by atoms with E-state index in [1.54, 1.807) is 24.3 Å². The van der Waals surface area contributed by atoms with E-state index in [2.05, 4.69) is 26.2 Å². The van der Waals surface area contributed by atoms with Gasteiger partial charge in [0.25, 0.3) is 11.8 Å². The number of nitrogens with zero attached hydrogens (tertiary/aromatic N) is 1. The molecule has 0 bridgehead atoms. The SMILES string of the molecule is CC1=C(C)C2C=CC(=NC(=O)c3ccccc3Br)C=C2NC1=O. The van der Waals surface area contributed by atoms with Gasteiger partial charge in [0, 0.05) is 21.7 Å². The highest BCUT2D eigenvalue weighted by Gasteiger charge is 2.27. The van der Waals surface area contributed by atoms with E-state index in [0.29, 0.717) is 15.7 Å². The van der Waals surface area contributed by atoms with Crippen molar-refractivity contribution in [3.05, 3.63) is 69.4 Å². The van der Waals surface area contributed by atoms with Crippen molar-refractivity contribution in [1.82, 2.24) is 5.32 Å². The number of rotatable bonds is 1. The summed E-state index contributed by atoms with van der Waals surface area (Å²) in [5.74, 6) is -0.375. The number of hydrogen-bond acceptors (Lipinski definition) is 2. The maximum absolute atomic E-state index is 12.3. The first-order chi connectivity index (χ1) is 11.0. The topological polar surface area (TPSA) is 58.5 Å². The van der Waals surface area contributed by atoms with Crippen LogP contribution in [-0.2, 0) is 4.79 Å². The molecule has 1 aliphatic heterocycles. The van der Waals surface area contributed by atoms with E-state index >= 15 is 0 Å². The average molecular weight is 371 g/mol. The molecule has 1 unspecified atom stereocenters. The third kappa shape index (κ3) is 2.97. The molecule has 3 rings (SSSR count). The third-order valence-corrected chi connectivity index (χ3v) is 4.78. The van der Waals surface area contributed by atoms with Gasteiger partial charge in [-0.25, -0.2) is 4.99 Å². The minimum Gasteiger partial charge on any atom is -0.325 e. The molecule has 1 atom stereocenters. The van der Waals surface area contributed by atoms with Crippen LogP contribution in [0.25, 0.3) is 0 Å². The highest BCUT2D eigenvalue weighted by atomic mass is 79.9. The van der Waals surface area contributed by atoms with Crippen LogP contribution in [0.5, 0.6) is 0 Å². The molecule has 1 aliphatic carbocycles. The molecule has 0 saturated carbocycles. The quantitative estimate of drug-likeness (QED) is 0.821. The molecular formula is C18H15BrN2O2. The summed E-state index contributed by atoms with van der Waals surface area (Å²) < 4.78 is 0.708. The van der Waals surface area contributed by atoms with E-state index in [4.69, 9.17) is 0 Å². The molecule has 0 spiro atoms. The minimum atomic E-state index is -0.321. The van der Waals surface area contributed by atoms with E-state index in [9.17, 15) is 9.59 Å². The van der Waals surface area contributed by atoms with E-state index in [1.807, 2.05) is 32.1 Å². The average Bonchev–Trinajstić information content (AvgIpc) is 2.53. The number of allylic oxidation sites excluding steroid dienone is 3. The second-order valence-electron chi connectivity index (χ2n) is 5.52. The Morgan fingerprint density at radius 1 is 1.26 bits per heavy atom. The van der Waals surface area contributed by atoms with Gasteiger partial charge in [0.2, 0.25) is 0 Å². The standard InChI is InChI=1S/C18H15BrN2O2/c1-10-11(2)17(22)21-16-9-12(7-8-13(10)16)20-18(23)14-5-3-4-6-15(14)19/h3-9,13H,1-2H3,(H,21,22). The largest absolute Gasteiger partial charge is 0.325 e. The lowest BCUT2D eigenvalue weighted by Gasteiger charge is -2.28. The van der Waals surface area contributed by atoms with Gasteiger partial charge in [0.1, 0.15) is 0 Å². The van der Waals surface area contributed by atoms with Crippen LogP contribution in [0.15, 0.2) is 68.8 Å². The van der Waals surface area contributed by atoms with Crippen molar-refractivity contribution in [1.29, 1.82) is 0 Å². The molecule has 5 heteroatoms. The van der Waals surface area contributed by atoms with Gasteiger partial charge in [0.05, 0.1) is 11.3 Å². The molecule has 1 aromatic rings. The summed E-state index contributed by atoms with van der Waals surface area (Å²) in [6.45, 7) is 3.76. The van der Waals surface area contributed by atoms with Crippen molar-refractivity contribution >= 4 is 33.5 Å². The van der Waals surface area contributed by atoms with Crippen LogP contribution in [0.4, 0.5) is 0 Å². The van der Waals surface area contributed by atoms with Gasteiger partial charge in [-0.3, -0.25) is 9.59 Å². The van der Waals surface area contributed by atoms with E-state index in [1.165, 1.54) is 0 Å². The molecule has 0 saturated heterocycles. The lowest BCUT2D eigenvalue weighted by Crippen LogP contribution is -2.35. The molecule has 0 fully saturated rings. The maximum atomic E-state index is 12.3. The second kappa shape index (κ2) is 6.08. The van der Waals surface area contributed by atoms with Gasteiger partial charge in [-0.15, -0.1) is 0 Å². The smallest absolute Gasteiger partial charge is 0.278 e. The summed E-state index contributed by atoms with van der Waals surface area (Å²) in [5, 5.41) is 2.86. The Balaban J connectivity index is 1.92. The molecule has 23 heavy (non-hydrogen) atoms. The number of nitrogens with one attached hydrogen (secondary N) is 1. The normalized spacial score (nSPS) is 21.9. The predicted octanol–water partition coefficient (Wildman–Crippen LogP) is 3.57. The first kappa shape index (κ1) is 15.6. The van der Waals surface area contributed by atoms with Gasteiger partial charge >= 0.3 is 0 Å². The molecule has 2 aliphatic rings. The Bertz CT molecular complexity index is 831. The zero-order chi connectivity index (χ0) is 16.6. The fraction of sp³-hybridized carbons (Fsp3) is 0.167. The predicted molar refractivity (Wildman–Crippen MR) is 93.1 cm³/mol. The molecule has 1 aromatic carbocycles. The Hall–Kier alpha value is -2.27. The Morgan fingerprint density at radius 3 is 2.74 bits per heavy atom. The molecule has 0 aromatic heterocycles. The van der Waals surface area contributed by atoms with Crippen molar-refractivity contribution in [3.8, 4) is 0 Å². The zero-order valence-corrected chi connectivity index (χ0v) is 14.3. The fourth-order valence-corrected chi connectivity index (χ4v) is 3.06. The highest BCUT2D eigenvalue weighted by Crippen LogP contribution is 2.30. The van der Waals surface area contributed by atoms with Crippen LogP contribution in [0.2, 0.25) is 0 Å². The number of aliphatic imine (C=N–C) groups is 1. The van der Waals surface area contributed by atoms with Gasteiger partial charge in [-0.2, -0.15) is 0 Å². The number of benzene rings is 1. The second-order valence-corrected chi connectivity index (χ2v) is 6.37. The van der Waals surface area contributed by atoms with E-state index < -0.39 is 0 Å². The Kier molecular flexibility index (Phi) is 4.13. The summed E-state index contributed by atoms with van der Waals surface area (Å²) in [5.41, 5.74) is 3.56. The Morgan fingerprint density at radius 2 is 2.00 bits per heavy atom. The summed E-state index contributed by atoms with van der Waals surface area (Å²) in [6, 6.07) is 7.16. The monoisotopic (exact) mass is 370 g/mol. The number of carbonyl (C=O) groups excluding carboxylic acids is 2. The van der Waals surface area contributed by atoms with Gasteiger partial charge in [-0.1, -0.05) is 23.8 Å². The van der Waals surface area contributed by atoms with Gasteiger partial charge in [-0.05, 0) is 54.1 Å². The summed E-state index contributed by atoms with van der Waals surface area (Å²) >= 11 is 3.35. The lowest BCUT2D eigenvalue weighted by molar-refractivity contribution is -0.117. The third-order valence-electron chi connectivity index (χ3n) is 4.09. The summed E-state index contributed by atoms with van der Waals surface area (Å²) in [4.78, 5) is 28.3. The number of amides is 2. The van der Waals surface area contributed by atoms with Gasteiger partial charge in [0.15, 0.2) is 0 Å². The molecular weight excluding hydrogens is 356 g/mol. The van der Waals surface area contributed by atoms with Crippen molar-refractivity contribution in [2.75, 3.05) is 0 Å². The first-order valence-electron chi connectivity index (χ1n) is 7.23. The molecule has 0 radical (unpaired) electrons. The number of halogens is 1. The highest BCUT2D eigenvalue weighted by molar-refractivity contribution is 9.10. The fourth-order valence-electron chi connectivity index (χ4n) is 2.61. The maximum Gasteiger partial charge on any atom is 0.278 e. The number of hydrogen-bond donors (Lipinski definition) is 1. The summed E-state index contributed by atoms with van der Waals surface area (Å²) in [7, 11) is 0. The van der Waals surface area contributed by atoms with Crippen molar-refractivity contribution in [3.63, 3.8) is 0 Å². The van der Waals surface area contributed by atoms with Crippen LogP contribution in [-0.4, -0.2) is 17.5 Å². The lowest BCUT2D eigenvalue weighted by atomic mass is 9.85. The molecule has 1 heterocycles. The van der Waals surface area contributed by atoms with Crippen molar-refractivity contribution < 1.29 is 9.59 Å². The molecule has 4 nitrogen and oxygen atoms in total. The zero-order valence-electron chi connectivity index (χ0n) is 12.8. The minimum absolute atomic E-state index is 0.0465.